The smallest absolute Gasteiger partial charge is 0.402 e. The number of halogens is 19. The number of alkyl halides is 19. The normalized spacial score (nSPS) is 15.3. The summed E-state index contributed by atoms with van der Waals surface area (Å²) in [4.78, 5) is 2.89. The molecular formula is C17H12F19NO3S. The molecule has 1 rings (SSSR count). The highest BCUT2D eigenvalue weighted by Gasteiger charge is 2.95. The van der Waals surface area contributed by atoms with Gasteiger partial charge in [-0.05, 0) is 6.42 Å². The minimum atomic E-state index is -8.95. The van der Waals surface area contributed by atoms with E-state index < -0.39 is 82.3 Å². The highest BCUT2D eigenvalue weighted by molar-refractivity contribution is 7.86. The summed E-state index contributed by atoms with van der Waals surface area (Å²) in [7, 11) is -8.20. The van der Waals surface area contributed by atoms with Crippen LogP contribution in [0.2, 0.25) is 0 Å². The van der Waals surface area contributed by atoms with Gasteiger partial charge in [-0.25, -0.2) is 13.4 Å². The minimum absolute atomic E-state index is 1.88. The van der Waals surface area contributed by atoms with Gasteiger partial charge in [0.2, 0.25) is 0 Å². The molecule has 24 heteroatoms. The van der Waals surface area contributed by atoms with E-state index in [0.29, 0.717) is 0 Å². The molecule has 1 aromatic heterocycles. The second kappa shape index (κ2) is 11.4. The number of H-pyrrole nitrogens is 1. The zero-order valence-electron chi connectivity index (χ0n) is 18.8. The Balaban J connectivity index is 0.00000234. The molecule has 0 radical (unpaired) electrons. The standard InChI is InChI=1S/C12H7F19O3S.C5H5N/c13-4(14,2-1-3-5(15,16)17)6(18,19)7(20,21)8(22,23)9(24,25)10(26,27)11(28,29)12(30,31)35(32,33)34;1-2-4-6-5-3-1/h1-3H2,(H,32,33,34);1-5H. The lowest BCUT2D eigenvalue weighted by molar-refractivity contribution is -0.449. The van der Waals surface area contributed by atoms with Crippen LogP contribution in [0.5, 0.6) is 0 Å². The first-order chi connectivity index (χ1) is 17.7. The average molecular weight is 671 g/mol. The molecule has 4 nitrogen and oxygen atoms in total. The molecule has 0 amide bonds. The summed E-state index contributed by atoms with van der Waals surface area (Å²) in [6.45, 7) is 0. The van der Waals surface area contributed by atoms with E-state index in [0.717, 1.165) is 0 Å². The quantitative estimate of drug-likeness (QED) is 0.192. The van der Waals surface area contributed by atoms with Crippen LogP contribution in [0.25, 0.3) is 0 Å². The van der Waals surface area contributed by atoms with Gasteiger partial charge in [-0.3, -0.25) is 0 Å². The van der Waals surface area contributed by atoms with Crippen LogP contribution in [0.1, 0.15) is 19.3 Å². The predicted octanol–water partition coefficient (Wildman–Crippen LogP) is 6.80. The second-order valence-electron chi connectivity index (χ2n) is 7.67. The number of hydrogen-bond acceptors (Lipinski definition) is 3. The molecule has 0 aliphatic heterocycles. The summed E-state index contributed by atoms with van der Waals surface area (Å²) in [6, 6.07) is 5.86. The third-order valence-corrected chi connectivity index (χ3v) is 5.55. The Labute approximate surface area is 215 Å². The molecule has 0 spiro atoms. The average Bonchev–Trinajstić information content (AvgIpc) is 2.77. The van der Waals surface area contributed by atoms with Gasteiger partial charge in [0, 0.05) is 25.0 Å². The van der Waals surface area contributed by atoms with Crippen molar-refractivity contribution < 1.29 is 101 Å². The third kappa shape index (κ3) is 6.87. The van der Waals surface area contributed by atoms with Crippen LogP contribution in [-0.2, 0) is 10.1 Å². The maximum absolute atomic E-state index is 13.5. The van der Waals surface area contributed by atoms with Crippen LogP contribution in [0.3, 0.4) is 0 Å². The van der Waals surface area contributed by atoms with Gasteiger partial charge < -0.3 is 4.55 Å². The van der Waals surface area contributed by atoms with Gasteiger partial charge in [0.1, 0.15) is 0 Å². The first kappa shape index (κ1) is 38.7. The Kier molecular flexibility index (Phi) is 10.8. The number of aromatic nitrogens is 1. The number of hydrogen-bond donors (Lipinski definition) is 0. The van der Waals surface area contributed by atoms with Crippen LogP contribution in [0.15, 0.2) is 30.6 Å². The Morgan fingerprint density at radius 1 is 0.512 bits per heavy atom. The number of pyridine rings is 1. The zero-order valence-corrected chi connectivity index (χ0v) is 19.6. The van der Waals surface area contributed by atoms with E-state index in [1.54, 1.807) is 0 Å². The Bertz CT molecular complexity index is 1080. The molecule has 0 aromatic carbocycles. The largest absolute Gasteiger partial charge is 0.743 e. The van der Waals surface area contributed by atoms with E-state index in [9.17, 15) is 96.4 Å². The van der Waals surface area contributed by atoms with E-state index in [1.807, 2.05) is 30.6 Å². The van der Waals surface area contributed by atoms with Gasteiger partial charge >= 0.3 is 52.9 Å². The van der Waals surface area contributed by atoms with Crippen molar-refractivity contribution >= 4 is 10.1 Å². The molecule has 0 saturated carbocycles. The molecule has 0 aliphatic carbocycles. The van der Waals surface area contributed by atoms with E-state index >= 15 is 0 Å². The van der Waals surface area contributed by atoms with Gasteiger partial charge in [0.15, 0.2) is 22.5 Å². The van der Waals surface area contributed by atoms with Gasteiger partial charge in [0.25, 0.3) is 0 Å². The van der Waals surface area contributed by atoms with Crippen molar-refractivity contribution in [1.82, 2.24) is 0 Å². The van der Waals surface area contributed by atoms with Gasteiger partial charge in [-0.15, -0.1) is 0 Å². The Morgan fingerprint density at radius 3 is 1.12 bits per heavy atom. The lowest BCUT2D eigenvalue weighted by Crippen LogP contribution is -2.75. The minimum Gasteiger partial charge on any atom is -0.743 e. The molecule has 0 saturated heterocycles. The number of rotatable bonds is 11. The molecular weight excluding hydrogens is 659 g/mol. The monoisotopic (exact) mass is 671 g/mol. The Hall–Kier alpha value is -2.27. The Morgan fingerprint density at radius 2 is 0.854 bits per heavy atom. The van der Waals surface area contributed by atoms with E-state index in [2.05, 4.69) is 4.98 Å². The molecule has 1 aromatic rings. The van der Waals surface area contributed by atoms with Gasteiger partial charge in [0.05, 0.1) is 0 Å². The maximum atomic E-state index is 13.5. The highest BCUT2D eigenvalue weighted by Crippen LogP contribution is 2.64. The summed E-state index contributed by atoms with van der Waals surface area (Å²) in [5.74, 6) is -58.8. The summed E-state index contributed by atoms with van der Waals surface area (Å²) in [6.07, 6.45) is -9.63. The fourth-order valence-electron chi connectivity index (χ4n) is 2.37. The molecule has 242 valence electrons. The van der Waals surface area contributed by atoms with Crippen molar-refractivity contribution in [2.75, 3.05) is 0 Å². The van der Waals surface area contributed by atoms with Gasteiger partial charge in [-0.1, -0.05) is 6.07 Å². The summed E-state index contributed by atoms with van der Waals surface area (Å²) in [5, 5.41) is -8.00. The molecule has 0 fully saturated rings. The van der Waals surface area contributed by atoms with E-state index in [-0.39, 0.29) is 0 Å². The van der Waals surface area contributed by atoms with Crippen LogP contribution in [-0.4, -0.2) is 65.9 Å². The van der Waals surface area contributed by atoms with Crippen molar-refractivity contribution in [3.05, 3.63) is 30.6 Å². The molecule has 0 bridgehead atoms. The SMILES string of the molecule is O=S(=O)([O-])C(F)(F)C(F)(F)C(F)(F)C(F)(F)C(F)(F)C(F)(F)C(F)(F)C(F)(F)CCCC(F)(F)F.c1cc[nH+]cc1. The van der Waals surface area contributed by atoms with Crippen LogP contribution in [0.4, 0.5) is 83.4 Å². The fraction of sp³-hybridized carbons (Fsp3) is 0.706. The lowest BCUT2D eigenvalue weighted by atomic mass is 9.88. The molecule has 0 aliphatic rings. The fourth-order valence-corrected chi connectivity index (χ4v) is 2.81. The van der Waals surface area contributed by atoms with Crippen molar-refractivity contribution in [2.24, 2.45) is 0 Å². The van der Waals surface area contributed by atoms with Crippen LogP contribution in [0, 0.1) is 0 Å². The highest BCUT2D eigenvalue weighted by atomic mass is 32.2. The zero-order chi connectivity index (χ0) is 33.4. The van der Waals surface area contributed by atoms with Crippen molar-refractivity contribution in [3.8, 4) is 0 Å². The number of aromatic amines is 1. The molecule has 1 heterocycles. The van der Waals surface area contributed by atoms with E-state index in [4.69, 9.17) is 0 Å². The topological polar surface area (TPSA) is 71.3 Å². The summed E-state index contributed by atoms with van der Waals surface area (Å²) >= 11 is 0. The molecule has 0 unspecified atom stereocenters. The van der Waals surface area contributed by atoms with Crippen molar-refractivity contribution in [1.29, 1.82) is 0 Å². The summed E-state index contributed by atoms with van der Waals surface area (Å²) in [5.41, 5.74) is 0. The van der Waals surface area contributed by atoms with Crippen LogP contribution >= 0.6 is 0 Å². The maximum Gasteiger partial charge on any atom is 0.402 e. The molecule has 1 N–H and O–H groups in total. The van der Waals surface area contributed by atoms with Crippen LogP contribution < -0.4 is 4.98 Å². The predicted molar refractivity (Wildman–Crippen MR) is 92.2 cm³/mol. The van der Waals surface area contributed by atoms with Gasteiger partial charge in [-0.2, -0.15) is 83.4 Å². The first-order valence-electron chi connectivity index (χ1n) is 9.66. The third-order valence-electron chi connectivity index (χ3n) is 4.67. The van der Waals surface area contributed by atoms with Crippen molar-refractivity contribution in [3.63, 3.8) is 0 Å². The number of nitrogens with one attached hydrogen (secondary N) is 1. The molecule has 0 atom stereocenters. The lowest BCUT2D eigenvalue weighted by Gasteiger charge is -2.43. The molecule has 41 heavy (non-hydrogen) atoms. The van der Waals surface area contributed by atoms with Crippen molar-refractivity contribution in [2.45, 2.75) is 72.2 Å². The first-order valence-corrected chi connectivity index (χ1v) is 11.1. The summed E-state index contributed by atoms with van der Waals surface area (Å²) < 4.78 is 278. The van der Waals surface area contributed by atoms with E-state index in [1.165, 1.54) is 0 Å². The second-order valence-corrected chi connectivity index (χ2v) is 9.09.